The van der Waals surface area contributed by atoms with E-state index in [2.05, 4.69) is 25.2 Å². The molecule has 1 aliphatic rings. The zero-order valence-electron chi connectivity index (χ0n) is 10.7. The number of rotatable bonds is 6. The molecule has 7 nitrogen and oxygen atoms in total. The maximum atomic E-state index is 5.55. The molecule has 3 N–H and O–H groups in total. The maximum absolute atomic E-state index is 5.55. The van der Waals surface area contributed by atoms with Crippen molar-refractivity contribution in [2.45, 2.75) is 19.3 Å². The second-order valence-corrected chi connectivity index (χ2v) is 4.33. The third-order valence-electron chi connectivity index (χ3n) is 2.95. The van der Waals surface area contributed by atoms with E-state index in [1.165, 1.54) is 33.0 Å². The van der Waals surface area contributed by atoms with Gasteiger partial charge in [-0.15, -0.1) is 0 Å². The van der Waals surface area contributed by atoms with E-state index in [1.54, 1.807) is 0 Å². The molecule has 7 heteroatoms. The molecule has 0 amide bonds. The summed E-state index contributed by atoms with van der Waals surface area (Å²) in [5.41, 5.74) is 5.55. The summed E-state index contributed by atoms with van der Waals surface area (Å²) in [5, 5.41) is 3.14. The fourth-order valence-corrected chi connectivity index (χ4v) is 2.05. The first kappa shape index (κ1) is 12.8. The van der Waals surface area contributed by atoms with Crippen LogP contribution in [0.3, 0.4) is 0 Å². The summed E-state index contributed by atoms with van der Waals surface area (Å²) >= 11 is 0. The van der Waals surface area contributed by atoms with Gasteiger partial charge >= 0.3 is 6.01 Å². The van der Waals surface area contributed by atoms with Crippen molar-refractivity contribution in [1.82, 2.24) is 19.9 Å². The Morgan fingerprint density at radius 1 is 1.28 bits per heavy atom. The molecular weight excluding hydrogens is 232 g/mol. The first-order chi connectivity index (χ1) is 8.78. The smallest absolute Gasteiger partial charge is 0.322 e. The number of nitrogens with two attached hydrogens (primary N) is 1. The van der Waals surface area contributed by atoms with Crippen LogP contribution in [0.5, 0.6) is 6.01 Å². The number of hydrogen-bond donors (Lipinski definition) is 2. The molecule has 2 heterocycles. The fraction of sp³-hybridized carbons (Fsp3) is 0.727. The average molecular weight is 252 g/mol. The maximum Gasteiger partial charge on any atom is 0.322 e. The SMILES string of the molecule is COc1nc(N)nc(NCCCN2CCCC2)n1. The van der Waals surface area contributed by atoms with E-state index in [-0.39, 0.29) is 12.0 Å². The quantitative estimate of drug-likeness (QED) is 0.706. The number of likely N-dealkylation sites (tertiary alicyclic amines) is 1. The molecule has 1 fully saturated rings. The van der Waals surface area contributed by atoms with Crippen molar-refractivity contribution >= 4 is 11.9 Å². The van der Waals surface area contributed by atoms with Gasteiger partial charge < -0.3 is 20.7 Å². The van der Waals surface area contributed by atoms with E-state index < -0.39 is 0 Å². The van der Waals surface area contributed by atoms with Crippen molar-refractivity contribution in [3.8, 4) is 6.01 Å². The molecule has 18 heavy (non-hydrogen) atoms. The van der Waals surface area contributed by atoms with Crippen LogP contribution in [0.15, 0.2) is 0 Å². The first-order valence-electron chi connectivity index (χ1n) is 6.29. The highest BCUT2D eigenvalue weighted by atomic mass is 16.5. The highest BCUT2D eigenvalue weighted by Crippen LogP contribution is 2.09. The molecule has 0 spiro atoms. The van der Waals surface area contributed by atoms with E-state index in [9.17, 15) is 0 Å². The van der Waals surface area contributed by atoms with Crippen LogP contribution in [0, 0.1) is 0 Å². The van der Waals surface area contributed by atoms with Gasteiger partial charge in [0, 0.05) is 6.54 Å². The van der Waals surface area contributed by atoms with Crippen molar-refractivity contribution in [3.63, 3.8) is 0 Å². The molecule has 1 aromatic rings. The van der Waals surface area contributed by atoms with Gasteiger partial charge in [0.1, 0.15) is 0 Å². The molecular formula is C11H20N6O. The number of ether oxygens (including phenoxy) is 1. The normalized spacial score (nSPS) is 15.8. The van der Waals surface area contributed by atoms with Crippen LogP contribution < -0.4 is 15.8 Å². The van der Waals surface area contributed by atoms with E-state index in [1.807, 2.05) is 0 Å². The van der Waals surface area contributed by atoms with Gasteiger partial charge in [-0.25, -0.2) is 0 Å². The zero-order chi connectivity index (χ0) is 12.8. The number of methoxy groups -OCH3 is 1. The lowest BCUT2D eigenvalue weighted by Crippen LogP contribution is -2.22. The molecule has 0 radical (unpaired) electrons. The molecule has 0 atom stereocenters. The molecule has 1 saturated heterocycles. The number of nitrogens with zero attached hydrogens (tertiary/aromatic N) is 4. The Morgan fingerprint density at radius 3 is 2.78 bits per heavy atom. The van der Waals surface area contributed by atoms with E-state index in [4.69, 9.17) is 10.5 Å². The highest BCUT2D eigenvalue weighted by molar-refractivity contribution is 5.32. The first-order valence-corrected chi connectivity index (χ1v) is 6.29. The zero-order valence-corrected chi connectivity index (χ0v) is 10.7. The van der Waals surface area contributed by atoms with E-state index in [0.29, 0.717) is 5.95 Å². The number of nitrogen functional groups attached to an aromatic ring is 1. The van der Waals surface area contributed by atoms with Crippen molar-refractivity contribution in [1.29, 1.82) is 0 Å². The number of anilines is 2. The third kappa shape index (κ3) is 3.69. The Balaban J connectivity index is 1.73. The Hall–Kier alpha value is -1.63. The summed E-state index contributed by atoms with van der Waals surface area (Å²) in [7, 11) is 1.51. The van der Waals surface area contributed by atoms with Gasteiger partial charge in [-0.05, 0) is 38.9 Å². The largest absolute Gasteiger partial charge is 0.467 e. The summed E-state index contributed by atoms with van der Waals surface area (Å²) in [5.74, 6) is 0.643. The van der Waals surface area contributed by atoms with E-state index in [0.717, 1.165) is 19.5 Å². The Bertz CT molecular complexity index is 380. The molecule has 0 bridgehead atoms. The van der Waals surface area contributed by atoms with Gasteiger partial charge in [0.15, 0.2) is 0 Å². The van der Waals surface area contributed by atoms with Gasteiger partial charge in [-0.2, -0.15) is 15.0 Å². The Morgan fingerprint density at radius 2 is 2.06 bits per heavy atom. The van der Waals surface area contributed by atoms with Gasteiger partial charge in [0.25, 0.3) is 0 Å². The monoisotopic (exact) mass is 252 g/mol. The summed E-state index contributed by atoms with van der Waals surface area (Å²) in [6.07, 6.45) is 3.72. The van der Waals surface area contributed by atoms with Crippen LogP contribution in [0.1, 0.15) is 19.3 Å². The molecule has 0 unspecified atom stereocenters. The van der Waals surface area contributed by atoms with Gasteiger partial charge in [0.2, 0.25) is 11.9 Å². The fourth-order valence-electron chi connectivity index (χ4n) is 2.05. The summed E-state index contributed by atoms with van der Waals surface area (Å²) in [6, 6.07) is 0.240. The van der Waals surface area contributed by atoms with Crippen molar-refractivity contribution in [2.24, 2.45) is 0 Å². The Kier molecular flexibility index (Phi) is 4.52. The predicted octanol–water partition coefficient (Wildman–Crippen LogP) is 0.360. The second kappa shape index (κ2) is 6.34. The van der Waals surface area contributed by atoms with Crippen LogP contribution in [0.2, 0.25) is 0 Å². The van der Waals surface area contributed by atoms with Crippen LogP contribution in [0.25, 0.3) is 0 Å². The van der Waals surface area contributed by atoms with Crippen LogP contribution in [-0.2, 0) is 0 Å². The minimum absolute atomic E-state index is 0.170. The lowest BCUT2D eigenvalue weighted by Gasteiger charge is -2.14. The van der Waals surface area contributed by atoms with Crippen LogP contribution in [0.4, 0.5) is 11.9 Å². The van der Waals surface area contributed by atoms with Crippen molar-refractivity contribution in [3.05, 3.63) is 0 Å². The number of aromatic nitrogens is 3. The number of hydrogen-bond acceptors (Lipinski definition) is 7. The summed E-state index contributed by atoms with van der Waals surface area (Å²) in [4.78, 5) is 14.4. The van der Waals surface area contributed by atoms with Crippen LogP contribution in [-0.4, -0.2) is 53.1 Å². The molecule has 100 valence electrons. The van der Waals surface area contributed by atoms with Gasteiger partial charge in [0.05, 0.1) is 7.11 Å². The Labute approximate surface area is 107 Å². The average Bonchev–Trinajstić information content (AvgIpc) is 2.87. The van der Waals surface area contributed by atoms with E-state index >= 15 is 0 Å². The standard InChI is InChI=1S/C11H20N6O/c1-18-11-15-9(12)14-10(16-11)13-5-4-8-17-6-2-3-7-17/h2-8H2,1H3,(H3,12,13,14,15,16). The second-order valence-electron chi connectivity index (χ2n) is 4.33. The lowest BCUT2D eigenvalue weighted by molar-refractivity contribution is 0.337. The van der Waals surface area contributed by atoms with Gasteiger partial charge in [-0.3, -0.25) is 0 Å². The lowest BCUT2D eigenvalue weighted by atomic mass is 10.4. The minimum atomic E-state index is 0.170. The molecule has 0 aliphatic carbocycles. The van der Waals surface area contributed by atoms with Gasteiger partial charge in [-0.1, -0.05) is 0 Å². The van der Waals surface area contributed by atoms with Crippen molar-refractivity contribution < 1.29 is 4.74 Å². The van der Waals surface area contributed by atoms with Crippen LogP contribution >= 0.6 is 0 Å². The number of nitrogens with one attached hydrogen (secondary N) is 1. The molecule has 2 rings (SSSR count). The molecule has 1 aliphatic heterocycles. The predicted molar refractivity (Wildman–Crippen MR) is 69.6 cm³/mol. The molecule has 0 saturated carbocycles. The molecule has 1 aromatic heterocycles. The highest BCUT2D eigenvalue weighted by Gasteiger charge is 2.10. The molecule has 0 aromatic carbocycles. The third-order valence-corrected chi connectivity index (χ3v) is 2.95. The van der Waals surface area contributed by atoms with Crippen molar-refractivity contribution in [2.75, 3.05) is 44.3 Å². The topological polar surface area (TPSA) is 89.2 Å². The minimum Gasteiger partial charge on any atom is -0.467 e. The summed E-state index contributed by atoms with van der Waals surface area (Å²) < 4.78 is 4.93. The summed E-state index contributed by atoms with van der Waals surface area (Å²) in [6.45, 7) is 4.40.